The van der Waals surface area contributed by atoms with Gasteiger partial charge in [0, 0.05) is 50.9 Å². The molecule has 1 aliphatic heterocycles. The molecule has 0 bridgehead atoms. The van der Waals surface area contributed by atoms with Crippen molar-refractivity contribution in [3.8, 4) is 22.6 Å². The third-order valence-corrected chi connectivity index (χ3v) is 25.8. The quantitative estimate of drug-likeness (QED) is 0.0236. The SMILES string of the molecule is CC(C)C[C@H]1NC(=O)[C@H](C)N(C)C(=O)[C@H](CCC(N)=O)NC(=O)[C@H](Cc2ccc(-c3ccccc3)cc2)NC(=O)[C@H](Cc2ccc(OCC(=O)O)cc2)NC(=O)[C@H](Cc2cccc(C(F)(F)F)c2)NC(=O)[C@H](CC(=O)O)NC(=O)[C@H](Cc2ccc(O)cc2)NC(=O)[C@H]([C@@H](C)N)NC(=O)CSC[C@@H](C(=O)N[C@@H](CCN)C(N)=O)NC(=O)[C@H](CCCN)NC(=O)[C@H](C(C)C)NC(=O)[C@H](CC2CCCCC2)NC(=O)[C@H](CCN)NC1=O. The Morgan fingerprint density at radius 1 is 0.493 bits per heavy atom. The lowest BCUT2D eigenvalue weighted by atomic mass is 9.84. The van der Waals surface area contributed by atoms with Crippen LogP contribution in [0.4, 0.5) is 13.2 Å². The zero-order chi connectivity index (χ0) is 109. The number of phenolic OH excluding ortho intramolecular Hbond substituents is 1. The molecule has 1 saturated heterocycles. The van der Waals surface area contributed by atoms with E-state index in [4.69, 9.17) is 39.1 Å². The Balaban J connectivity index is 1.39. The second-order valence-electron chi connectivity index (χ2n) is 37.5. The molecule has 0 unspecified atom stereocenters. The van der Waals surface area contributed by atoms with E-state index in [0.717, 1.165) is 48.9 Å². The average molecular weight is 2090 g/mol. The minimum Gasteiger partial charge on any atom is -0.508 e. The zero-order valence-corrected chi connectivity index (χ0v) is 84.3. The van der Waals surface area contributed by atoms with Crippen LogP contribution in [-0.4, -0.2) is 274 Å². The van der Waals surface area contributed by atoms with E-state index < -0.39 is 290 Å². The van der Waals surface area contributed by atoms with Crippen molar-refractivity contribution in [3.63, 3.8) is 0 Å². The molecule has 808 valence electrons. The molecular weight excluding hydrogens is 1950 g/mol. The number of thioether (sulfide) groups is 1. The number of benzene rings is 5. The van der Waals surface area contributed by atoms with Gasteiger partial charge in [-0.3, -0.25) is 86.3 Å². The molecule has 16 atom stereocenters. The number of likely N-dealkylation sites (N-methyl/N-ethyl adjacent to an activating group) is 1. The summed E-state index contributed by atoms with van der Waals surface area (Å²) in [5, 5.41) is 66.0. The van der Waals surface area contributed by atoms with E-state index in [9.17, 15) is 86.0 Å². The van der Waals surface area contributed by atoms with Crippen LogP contribution in [0.3, 0.4) is 0 Å². The van der Waals surface area contributed by atoms with E-state index in [2.05, 4.69) is 74.4 Å². The van der Waals surface area contributed by atoms with E-state index in [1.807, 2.05) is 12.1 Å². The standard InChI is InChI=1S/C100H138F3N21O23S/c1-53(2)42-71-89(136)111-69(38-41-106)88(135)115-75(44-57-16-10-8-11-17-57)95(142)123-83(54(3)4)97(144)112-68(22-15-39-104)87(134)121-78(96(143)110-67(37-40-105)85(109)132)51-148-52-80(127)122-84(55(5)107)98(145)120-74(46-59-25-31-65(125)32-26-59)92(139)119-77(49-81(128)129)94(141)118-76(48-61-18-14-21-64(43-61)100(101,102)103)93(140)117-73(47-60-27-33-66(34-28-60)147-50-82(130)131)91(138)116-72(45-58-23-29-63(30-24-58)62-19-12-9-13-20-62)90(137)113-70(35-36-79(108)126)99(146)124(7)56(6)86(133)114-71/h9,12-14,18-21,23-34,43,53-57,67-78,83-84,125H,8,10-11,15-17,22,35-42,44-52,104-107H2,1-7H3,(H2,108,126)(H2,109,132)(H,110,143)(H,111,136)(H,112,144)(H,113,137)(H,114,133)(H,115,135)(H,116,138)(H,117,140)(H,118,141)(H,119,139)(H,120,145)(H,121,134)(H,122,127)(H,123,142)(H,128,129)(H,130,131)/t55-,56+,67+,68+,69+,70+,71-,72+,73+,74+,75+,76+,77+,78+,83+,84+/m1/s1. The van der Waals surface area contributed by atoms with Gasteiger partial charge in [0.1, 0.15) is 102 Å². The molecule has 48 heteroatoms. The van der Waals surface area contributed by atoms with Crippen LogP contribution in [0.2, 0.25) is 0 Å². The van der Waals surface area contributed by atoms with Crippen LogP contribution in [0.1, 0.15) is 159 Å². The maximum absolute atomic E-state index is 15.8. The van der Waals surface area contributed by atoms with Crippen LogP contribution in [0.15, 0.2) is 127 Å². The molecule has 7 rings (SSSR count). The Bertz CT molecular complexity index is 5400. The van der Waals surface area contributed by atoms with Gasteiger partial charge in [-0.05, 0) is 160 Å². The number of carbonyl (C=O) groups is 19. The van der Waals surface area contributed by atoms with E-state index in [0.29, 0.717) is 47.9 Å². The average Bonchev–Trinajstić information content (AvgIpc) is 1.36. The van der Waals surface area contributed by atoms with Crippen molar-refractivity contribution in [1.82, 2.24) is 79.3 Å². The van der Waals surface area contributed by atoms with Crippen LogP contribution in [0.5, 0.6) is 11.5 Å². The van der Waals surface area contributed by atoms with Gasteiger partial charge in [0.05, 0.1) is 17.7 Å². The molecule has 2 aliphatic rings. The molecule has 1 saturated carbocycles. The molecule has 0 spiro atoms. The number of nitrogens with zero attached hydrogens (tertiary/aromatic N) is 1. The number of hydrogen-bond acceptors (Lipinski definition) is 26. The predicted molar refractivity (Wildman–Crippen MR) is 537 cm³/mol. The second kappa shape index (κ2) is 59.4. The normalized spacial score (nSPS) is 23.3. The minimum absolute atomic E-state index is 0.0218. The third kappa shape index (κ3) is 39.8. The fraction of sp³-hybridized carbons (Fsp3) is 0.510. The van der Waals surface area contributed by atoms with Gasteiger partial charge in [0.25, 0.3) is 0 Å². The number of nitrogens with one attached hydrogen (secondary N) is 14. The number of rotatable bonds is 33. The highest BCUT2D eigenvalue weighted by molar-refractivity contribution is 8.00. The van der Waals surface area contributed by atoms with Crippen LogP contribution in [0, 0.1) is 17.8 Å². The molecule has 17 amide bonds. The van der Waals surface area contributed by atoms with Crippen molar-refractivity contribution in [3.05, 3.63) is 155 Å². The van der Waals surface area contributed by atoms with Gasteiger partial charge in [-0.2, -0.15) is 13.2 Å². The number of primary amides is 2. The Morgan fingerprint density at radius 3 is 1.49 bits per heavy atom. The highest BCUT2D eigenvalue weighted by Crippen LogP contribution is 2.32. The number of aliphatic carboxylic acids is 2. The number of aromatic hydroxyl groups is 1. The Hall–Kier alpha value is -14.4. The monoisotopic (exact) mass is 2090 g/mol. The Kier molecular flexibility index (Phi) is 48.4. The fourth-order valence-corrected chi connectivity index (χ4v) is 17.3. The van der Waals surface area contributed by atoms with E-state index in [-0.39, 0.29) is 98.2 Å². The van der Waals surface area contributed by atoms with Crippen LogP contribution in [0.25, 0.3) is 11.1 Å². The summed E-state index contributed by atoms with van der Waals surface area (Å²) in [5.74, 6) is -24.9. The molecule has 44 nitrogen and oxygen atoms in total. The lowest BCUT2D eigenvalue weighted by Crippen LogP contribution is -2.62. The number of phenols is 1. The van der Waals surface area contributed by atoms with Crippen molar-refractivity contribution >= 4 is 124 Å². The van der Waals surface area contributed by atoms with Gasteiger partial charge in [0.2, 0.25) is 100 Å². The lowest BCUT2D eigenvalue weighted by molar-refractivity contribution is -0.143. The summed E-state index contributed by atoms with van der Waals surface area (Å²) in [6, 6.07) is 1.49. The van der Waals surface area contributed by atoms with Crippen LogP contribution < -0.4 is 114 Å². The summed E-state index contributed by atoms with van der Waals surface area (Å²) in [4.78, 5) is 276. The maximum atomic E-state index is 15.8. The molecule has 29 N–H and O–H groups in total. The number of halogens is 3. The van der Waals surface area contributed by atoms with E-state index in [1.54, 1.807) is 70.2 Å². The highest BCUT2D eigenvalue weighted by atomic mass is 32.2. The first-order chi connectivity index (χ1) is 70.0. The summed E-state index contributed by atoms with van der Waals surface area (Å²) in [5.41, 5.74) is 36.0. The molecule has 5 aromatic carbocycles. The first kappa shape index (κ1) is 121. The fourth-order valence-electron chi connectivity index (χ4n) is 16.5. The number of hydrogen-bond donors (Lipinski definition) is 23. The van der Waals surface area contributed by atoms with Gasteiger partial charge in [-0.15, -0.1) is 11.8 Å². The number of carbonyl (C=O) groups excluding carboxylic acids is 17. The van der Waals surface area contributed by atoms with E-state index >= 15 is 33.6 Å². The zero-order valence-electron chi connectivity index (χ0n) is 83.5. The van der Waals surface area contributed by atoms with Gasteiger partial charge in [-0.25, -0.2) is 4.79 Å². The summed E-state index contributed by atoms with van der Waals surface area (Å²) >= 11 is 0.665. The van der Waals surface area contributed by atoms with Gasteiger partial charge in [-0.1, -0.05) is 157 Å². The van der Waals surface area contributed by atoms with Crippen molar-refractivity contribution in [2.45, 2.75) is 260 Å². The number of ether oxygens (including phenoxy) is 1. The number of carboxylic acid groups (broad SMARTS) is 2. The third-order valence-electron chi connectivity index (χ3n) is 24.8. The number of carboxylic acids is 2. The van der Waals surface area contributed by atoms with Crippen molar-refractivity contribution < 1.29 is 124 Å². The molecule has 5 aromatic rings. The second-order valence-corrected chi connectivity index (χ2v) is 38.6. The largest absolute Gasteiger partial charge is 0.508 e. The van der Waals surface area contributed by atoms with Crippen molar-refractivity contribution in [1.29, 1.82) is 0 Å². The lowest BCUT2D eigenvalue weighted by Gasteiger charge is -2.32. The predicted octanol–water partition coefficient (Wildman–Crippen LogP) is -1.13. The minimum atomic E-state index is -5.05. The Labute approximate surface area is 858 Å². The molecular formula is C100H138F3N21O23S. The van der Waals surface area contributed by atoms with Crippen molar-refractivity contribution in [2.75, 3.05) is 44.8 Å². The molecule has 148 heavy (non-hydrogen) atoms. The summed E-state index contributed by atoms with van der Waals surface area (Å²) in [7, 11) is 1.15. The molecule has 1 aliphatic carbocycles. The molecule has 2 fully saturated rings. The molecule has 0 radical (unpaired) electrons. The number of nitrogens with two attached hydrogens (primary N) is 6. The van der Waals surface area contributed by atoms with Crippen LogP contribution >= 0.6 is 11.8 Å². The number of alkyl halides is 3. The summed E-state index contributed by atoms with van der Waals surface area (Å²) in [6.07, 6.45) is -7.24. The summed E-state index contributed by atoms with van der Waals surface area (Å²) in [6.45, 7) is 7.80. The Morgan fingerprint density at radius 2 is 0.966 bits per heavy atom. The topological polar surface area (TPSA) is 722 Å². The molecule has 1 heterocycles. The maximum Gasteiger partial charge on any atom is 0.416 e. The first-order valence-corrected chi connectivity index (χ1v) is 50.0. The number of amides is 17. The first-order valence-electron chi connectivity index (χ1n) is 48.8. The smallest absolute Gasteiger partial charge is 0.416 e. The van der Waals surface area contributed by atoms with Crippen LogP contribution in [-0.2, 0) is 123 Å². The molecule has 0 aromatic heterocycles. The highest BCUT2D eigenvalue weighted by Gasteiger charge is 2.43. The van der Waals surface area contributed by atoms with Crippen molar-refractivity contribution in [2.24, 2.45) is 52.2 Å². The van der Waals surface area contributed by atoms with Gasteiger partial charge < -0.3 is 134 Å². The van der Waals surface area contributed by atoms with Gasteiger partial charge in [0.15, 0.2) is 6.61 Å². The van der Waals surface area contributed by atoms with E-state index in [1.165, 1.54) is 62.4 Å². The summed E-state index contributed by atoms with van der Waals surface area (Å²) < 4.78 is 49.3. The van der Waals surface area contributed by atoms with Gasteiger partial charge >= 0.3 is 18.1 Å².